The average Bonchev–Trinajstić information content (AvgIpc) is 2.62. The van der Waals surface area contributed by atoms with E-state index in [1.807, 2.05) is 12.1 Å². The van der Waals surface area contributed by atoms with Gasteiger partial charge in [0.05, 0.1) is 6.54 Å². The molecule has 1 rings (SSSR count). The quantitative estimate of drug-likeness (QED) is 0.887. The summed E-state index contributed by atoms with van der Waals surface area (Å²) in [6.45, 7) is 3.42. The number of hydrogen-bond donors (Lipinski definition) is 1. The lowest BCUT2D eigenvalue weighted by atomic mass is 10.3. The Labute approximate surface area is 103 Å². The van der Waals surface area contributed by atoms with Gasteiger partial charge in [-0.05, 0) is 26.0 Å². The Hall–Kier alpha value is -0.590. The Bertz CT molecular complexity index is 347. The molecule has 0 aliphatic carbocycles. The summed E-state index contributed by atoms with van der Waals surface area (Å²) in [7, 11) is 0. The van der Waals surface area contributed by atoms with E-state index < -0.39 is 12.7 Å². The van der Waals surface area contributed by atoms with Gasteiger partial charge in [0.2, 0.25) is 0 Å². The van der Waals surface area contributed by atoms with Crippen molar-refractivity contribution in [2.75, 3.05) is 6.54 Å². The van der Waals surface area contributed by atoms with Gasteiger partial charge in [-0.2, -0.15) is 13.2 Å². The molecular formula is C11H17F3N2S. The van der Waals surface area contributed by atoms with Crippen molar-refractivity contribution in [2.24, 2.45) is 5.73 Å². The van der Waals surface area contributed by atoms with E-state index in [0.717, 1.165) is 9.75 Å². The summed E-state index contributed by atoms with van der Waals surface area (Å²) in [6.07, 6.45) is -4.15. The van der Waals surface area contributed by atoms with Crippen molar-refractivity contribution < 1.29 is 13.2 Å². The maximum absolute atomic E-state index is 12.4. The number of halogens is 3. The third-order valence-electron chi connectivity index (χ3n) is 2.39. The van der Waals surface area contributed by atoms with Crippen LogP contribution in [0.1, 0.15) is 23.6 Å². The van der Waals surface area contributed by atoms with Gasteiger partial charge < -0.3 is 5.73 Å². The van der Waals surface area contributed by atoms with E-state index in [-0.39, 0.29) is 6.04 Å². The predicted molar refractivity (Wildman–Crippen MR) is 63.8 cm³/mol. The molecule has 0 bridgehead atoms. The third kappa shape index (κ3) is 5.06. The lowest BCUT2D eigenvalue weighted by molar-refractivity contribution is -0.150. The van der Waals surface area contributed by atoms with Gasteiger partial charge in [0.15, 0.2) is 0 Å². The van der Waals surface area contributed by atoms with Crippen molar-refractivity contribution >= 4 is 11.3 Å². The third-order valence-corrected chi connectivity index (χ3v) is 3.48. The lowest BCUT2D eigenvalue weighted by Gasteiger charge is -2.26. The molecule has 0 atom stereocenters. The van der Waals surface area contributed by atoms with Crippen LogP contribution in [-0.2, 0) is 13.1 Å². The highest BCUT2D eigenvalue weighted by Crippen LogP contribution is 2.23. The summed E-state index contributed by atoms with van der Waals surface area (Å²) in [5.74, 6) is 0. The highest BCUT2D eigenvalue weighted by atomic mass is 32.1. The maximum Gasteiger partial charge on any atom is 0.401 e. The van der Waals surface area contributed by atoms with E-state index in [9.17, 15) is 13.2 Å². The van der Waals surface area contributed by atoms with Crippen LogP contribution in [0, 0.1) is 0 Å². The second-order valence-electron chi connectivity index (χ2n) is 4.19. The van der Waals surface area contributed by atoms with Crippen molar-refractivity contribution in [1.29, 1.82) is 0 Å². The highest BCUT2D eigenvalue weighted by molar-refractivity contribution is 7.11. The van der Waals surface area contributed by atoms with Crippen LogP contribution in [0.3, 0.4) is 0 Å². The highest BCUT2D eigenvalue weighted by Gasteiger charge is 2.31. The van der Waals surface area contributed by atoms with Crippen LogP contribution in [0.15, 0.2) is 12.1 Å². The van der Waals surface area contributed by atoms with E-state index in [0.29, 0.717) is 13.1 Å². The van der Waals surface area contributed by atoms with Crippen molar-refractivity contribution in [1.82, 2.24) is 4.90 Å². The topological polar surface area (TPSA) is 29.3 Å². The van der Waals surface area contributed by atoms with Crippen LogP contribution >= 0.6 is 11.3 Å². The number of rotatable bonds is 5. The van der Waals surface area contributed by atoms with Gasteiger partial charge in [-0.15, -0.1) is 11.3 Å². The molecule has 0 saturated carbocycles. The first kappa shape index (κ1) is 14.5. The number of alkyl halides is 3. The summed E-state index contributed by atoms with van der Waals surface area (Å²) in [6, 6.07) is 3.57. The van der Waals surface area contributed by atoms with Gasteiger partial charge in [-0.25, -0.2) is 0 Å². The lowest BCUT2D eigenvalue weighted by Crippen LogP contribution is -2.38. The molecule has 1 aromatic rings. The second kappa shape index (κ2) is 5.84. The van der Waals surface area contributed by atoms with E-state index in [1.165, 1.54) is 16.2 Å². The smallest absolute Gasteiger partial charge is 0.326 e. The summed E-state index contributed by atoms with van der Waals surface area (Å²) in [5, 5.41) is 0. The molecule has 1 aromatic heterocycles. The molecule has 98 valence electrons. The number of nitrogens with zero attached hydrogens (tertiary/aromatic N) is 1. The molecule has 0 unspecified atom stereocenters. The molecule has 0 amide bonds. The fourth-order valence-corrected chi connectivity index (χ4v) is 2.39. The van der Waals surface area contributed by atoms with Crippen molar-refractivity contribution in [3.63, 3.8) is 0 Å². The minimum absolute atomic E-state index is 0.139. The monoisotopic (exact) mass is 266 g/mol. The molecule has 0 spiro atoms. The zero-order valence-electron chi connectivity index (χ0n) is 9.92. The zero-order chi connectivity index (χ0) is 13.1. The molecule has 0 radical (unpaired) electrons. The van der Waals surface area contributed by atoms with Crippen LogP contribution in [0.25, 0.3) is 0 Å². The van der Waals surface area contributed by atoms with Crippen LogP contribution in [0.4, 0.5) is 13.2 Å². The van der Waals surface area contributed by atoms with Gasteiger partial charge >= 0.3 is 6.18 Å². The first-order valence-corrected chi connectivity index (χ1v) is 6.22. The molecule has 17 heavy (non-hydrogen) atoms. The molecule has 0 aliphatic rings. The molecule has 6 heteroatoms. The Balaban J connectivity index is 2.66. The van der Waals surface area contributed by atoms with Gasteiger partial charge in [0.1, 0.15) is 0 Å². The summed E-state index contributed by atoms with van der Waals surface area (Å²) >= 11 is 1.47. The van der Waals surface area contributed by atoms with Crippen molar-refractivity contribution in [3.8, 4) is 0 Å². The van der Waals surface area contributed by atoms with E-state index in [4.69, 9.17) is 5.73 Å². The van der Waals surface area contributed by atoms with E-state index >= 15 is 0 Å². The molecule has 2 N–H and O–H groups in total. The predicted octanol–water partition coefficient (Wildman–Crippen LogP) is 2.98. The van der Waals surface area contributed by atoms with Crippen LogP contribution in [0.5, 0.6) is 0 Å². The summed E-state index contributed by atoms with van der Waals surface area (Å²) < 4.78 is 37.1. The molecule has 0 saturated heterocycles. The minimum atomic E-state index is -4.15. The number of thiophene rings is 1. The normalized spacial score (nSPS) is 12.7. The number of nitrogens with two attached hydrogens (primary N) is 1. The van der Waals surface area contributed by atoms with Crippen molar-refractivity contribution in [3.05, 3.63) is 21.9 Å². The SMILES string of the molecule is CC(C)N(Cc1ccc(CN)s1)CC(F)(F)F. The van der Waals surface area contributed by atoms with Gasteiger partial charge in [0, 0.05) is 28.9 Å². The van der Waals surface area contributed by atoms with E-state index in [2.05, 4.69) is 0 Å². The van der Waals surface area contributed by atoms with Crippen molar-refractivity contribution in [2.45, 2.75) is 39.2 Å². The average molecular weight is 266 g/mol. The standard InChI is InChI=1S/C11H17F3N2S/c1-8(2)16(7-11(12,13)14)6-10-4-3-9(5-15)17-10/h3-4,8H,5-7,15H2,1-2H3. The first-order chi connectivity index (χ1) is 7.81. The van der Waals surface area contributed by atoms with Gasteiger partial charge in [-0.3, -0.25) is 4.90 Å². The Kier molecular flexibility index (Phi) is 4.97. The maximum atomic E-state index is 12.4. The zero-order valence-corrected chi connectivity index (χ0v) is 10.7. The van der Waals surface area contributed by atoms with E-state index in [1.54, 1.807) is 13.8 Å². The van der Waals surface area contributed by atoms with Gasteiger partial charge in [0.25, 0.3) is 0 Å². The molecule has 0 fully saturated rings. The van der Waals surface area contributed by atoms with Crippen LogP contribution < -0.4 is 5.73 Å². The molecule has 1 heterocycles. The Morgan fingerprint density at radius 1 is 1.29 bits per heavy atom. The number of hydrogen-bond acceptors (Lipinski definition) is 3. The fraction of sp³-hybridized carbons (Fsp3) is 0.636. The van der Waals surface area contributed by atoms with Crippen LogP contribution in [-0.4, -0.2) is 23.7 Å². The molecular weight excluding hydrogens is 249 g/mol. The molecule has 2 nitrogen and oxygen atoms in total. The Morgan fingerprint density at radius 2 is 1.88 bits per heavy atom. The van der Waals surface area contributed by atoms with Crippen LogP contribution in [0.2, 0.25) is 0 Å². The first-order valence-electron chi connectivity index (χ1n) is 5.40. The Morgan fingerprint density at radius 3 is 2.29 bits per heavy atom. The largest absolute Gasteiger partial charge is 0.401 e. The second-order valence-corrected chi connectivity index (χ2v) is 5.44. The minimum Gasteiger partial charge on any atom is -0.326 e. The molecule has 0 aromatic carbocycles. The summed E-state index contributed by atoms with van der Waals surface area (Å²) in [4.78, 5) is 3.32. The van der Waals surface area contributed by atoms with Gasteiger partial charge in [-0.1, -0.05) is 0 Å². The molecule has 0 aliphatic heterocycles. The summed E-state index contributed by atoms with van der Waals surface area (Å²) in [5.41, 5.74) is 5.47. The fourth-order valence-electron chi connectivity index (χ4n) is 1.47.